The molecule has 0 saturated heterocycles. The molecule has 0 saturated carbocycles. The molecule has 0 radical (unpaired) electrons. The van der Waals surface area contributed by atoms with Crippen molar-refractivity contribution in [1.82, 2.24) is 9.78 Å². The second-order valence-electron chi connectivity index (χ2n) is 3.43. The van der Waals surface area contributed by atoms with Crippen LogP contribution < -0.4 is 5.32 Å². The molecule has 0 amide bonds. The van der Waals surface area contributed by atoms with Crippen molar-refractivity contribution in [1.29, 1.82) is 0 Å². The minimum absolute atomic E-state index is 1.04. The maximum Gasteiger partial charge on any atom is 0.0698 e. The Hall–Kier alpha value is -1.77. The molecule has 2 aromatic rings. The predicted octanol–water partition coefficient (Wildman–Crippen LogP) is 1.84. The van der Waals surface area contributed by atoms with E-state index in [0.717, 1.165) is 13.0 Å². The summed E-state index contributed by atoms with van der Waals surface area (Å²) < 4.78 is 1.92. The molecular weight excluding hydrogens is 174 g/mol. The molecule has 3 nitrogen and oxygen atoms in total. The second-order valence-corrected chi connectivity index (χ2v) is 3.43. The summed E-state index contributed by atoms with van der Waals surface area (Å²) in [6.45, 7) is 1.04. The number of nitrogens with zero attached hydrogens (tertiary/aromatic N) is 2. The van der Waals surface area contributed by atoms with Crippen molar-refractivity contribution in [3.63, 3.8) is 0 Å². The van der Waals surface area contributed by atoms with Crippen LogP contribution in [-0.4, -0.2) is 16.3 Å². The zero-order chi connectivity index (χ0) is 9.38. The maximum atomic E-state index is 4.25. The van der Waals surface area contributed by atoms with Crippen molar-refractivity contribution in [2.75, 3.05) is 11.9 Å². The van der Waals surface area contributed by atoms with Crippen LogP contribution in [0.1, 0.15) is 5.56 Å². The topological polar surface area (TPSA) is 29.9 Å². The fourth-order valence-corrected chi connectivity index (χ4v) is 1.95. The largest absolute Gasteiger partial charge is 0.384 e. The smallest absolute Gasteiger partial charge is 0.0698 e. The number of rotatable bonds is 1. The molecule has 0 spiro atoms. The number of fused-ring (bicyclic) bond motifs is 1. The Labute approximate surface area is 82.4 Å². The summed E-state index contributed by atoms with van der Waals surface area (Å²) in [6.07, 6.45) is 4.88. The molecule has 0 aliphatic carbocycles. The quantitative estimate of drug-likeness (QED) is 0.734. The molecule has 1 aromatic heterocycles. The number of hydrogen-bond acceptors (Lipinski definition) is 2. The van der Waals surface area contributed by atoms with Gasteiger partial charge in [0.1, 0.15) is 0 Å². The summed E-state index contributed by atoms with van der Waals surface area (Å²) in [4.78, 5) is 0. The highest BCUT2D eigenvalue weighted by atomic mass is 15.3. The second kappa shape index (κ2) is 2.87. The standard InChI is InChI=1S/C11H11N3/c1-3-10-9(5-7-12-10)11(4-1)14-8-2-6-13-14/h1-4,6,8,12H,5,7H2. The third kappa shape index (κ3) is 1.02. The van der Waals surface area contributed by atoms with Crippen LogP contribution in [0.4, 0.5) is 5.69 Å². The molecule has 0 fully saturated rings. The Morgan fingerprint density at radius 1 is 1.29 bits per heavy atom. The van der Waals surface area contributed by atoms with Crippen LogP contribution in [0.3, 0.4) is 0 Å². The Morgan fingerprint density at radius 3 is 3.14 bits per heavy atom. The van der Waals surface area contributed by atoms with Gasteiger partial charge in [0.25, 0.3) is 0 Å². The molecule has 3 rings (SSSR count). The average molecular weight is 185 g/mol. The molecule has 14 heavy (non-hydrogen) atoms. The lowest BCUT2D eigenvalue weighted by Gasteiger charge is -2.06. The summed E-state index contributed by atoms with van der Waals surface area (Å²) in [7, 11) is 0. The summed E-state index contributed by atoms with van der Waals surface area (Å²) in [5.41, 5.74) is 3.81. The van der Waals surface area contributed by atoms with Gasteiger partial charge in [-0.3, -0.25) is 0 Å². The third-order valence-electron chi connectivity index (χ3n) is 2.59. The Balaban J connectivity index is 2.20. The molecule has 1 aliphatic rings. The molecule has 2 heterocycles. The number of aromatic nitrogens is 2. The van der Waals surface area contributed by atoms with Crippen LogP contribution >= 0.6 is 0 Å². The number of nitrogens with one attached hydrogen (secondary N) is 1. The van der Waals surface area contributed by atoms with Gasteiger partial charge in [-0.15, -0.1) is 0 Å². The van der Waals surface area contributed by atoms with Gasteiger partial charge in [0.05, 0.1) is 5.69 Å². The van der Waals surface area contributed by atoms with Crippen molar-refractivity contribution in [2.45, 2.75) is 6.42 Å². The molecule has 70 valence electrons. The Morgan fingerprint density at radius 2 is 2.29 bits per heavy atom. The van der Waals surface area contributed by atoms with Crippen molar-refractivity contribution in [3.05, 3.63) is 42.2 Å². The highest BCUT2D eigenvalue weighted by Crippen LogP contribution is 2.27. The highest BCUT2D eigenvalue weighted by molar-refractivity contribution is 5.63. The number of hydrogen-bond donors (Lipinski definition) is 1. The van der Waals surface area contributed by atoms with Crippen molar-refractivity contribution in [3.8, 4) is 5.69 Å². The number of anilines is 1. The molecule has 0 atom stereocenters. The number of benzene rings is 1. The Kier molecular flexibility index (Phi) is 1.56. The van der Waals surface area contributed by atoms with Gasteiger partial charge in [-0.2, -0.15) is 5.10 Å². The SMILES string of the molecule is c1cc2c(c(-n3cccn3)c1)CCN2. The summed E-state index contributed by atoms with van der Waals surface area (Å²) in [6, 6.07) is 8.24. The summed E-state index contributed by atoms with van der Waals surface area (Å²) >= 11 is 0. The molecule has 0 bridgehead atoms. The van der Waals surface area contributed by atoms with E-state index in [-0.39, 0.29) is 0 Å². The fraction of sp³-hybridized carbons (Fsp3) is 0.182. The van der Waals surface area contributed by atoms with E-state index in [1.807, 2.05) is 23.1 Å². The van der Waals surface area contributed by atoms with E-state index in [4.69, 9.17) is 0 Å². The van der Waals surface area contributed by atoms with Gasteiger partial charge in [-0.05, 0) is 24.6 Å². The maximum absolute atomic E-state index is 4.25. The minimum Gasteiger partial charge on any atom is -0.384 e. The van der Waals surface area contributed by atoms with Gasteiger partial charge in [-0.1, -0.05) is 6.07 Å². The van der Waals surface area contributed by atoms with E-state index >= 15 is 0 Å². The first-order valence-electron chi connectivity index (χ1n) is 4.81. The molecule has 1 aliphatic heterocycles. The third-order valence-corrected chi connectivity index (χ3v) is 2.59. The zero-order valence-electron chi connectivity index (χ0n) is 7.77. The first kappa shape index (κ1) is 7.62. The van der Waals surface area contributed by atoms with Gasteiger partial charge in [-0.25, -0.2) is 4.68 Å². The average Bonchev–Trinajstić information content (AvgIpc) is 2.88. The van der Waals surface area contributed by atoms with E-state index in [2.05, 4.69) is 28.6 Å². The minimum atomic E-state index is 1.04. The van der Waals surface area contributed by atoms with Crippen LogP contribution in [0.15, 0.2) is 36.7 Å². The normalized spacial score (nSPS) is 13.7. The molecule has 0 unspecified atom stereocenters. The van der Waals surface area contributed by atoms with Gasteiger partial charge < -0.3 is 5.32 Å². The fourth-order valence-electron chi connectivity index (χ4n) is 1.95. The van der Waals surface area contributed by atoms with Crippen molar-refractivity contribution < 1.29 is 0 Å². The van der Waals surface area contributed by atoms with Gasteiger partial charge in [0.2, 0.25) is 0 Å². The van der Waals surface area contributed by atoms with E-state index in [0.29, 0.717) is 0 Å². The lowest BCUT2D eigenvalue weighted by atomic mass is 10.1. The Bertz CT molecular complexity index is 446. The first-order chi connectivity index (χ1) is 6.95. The van der Waals surface area contributed by atoms with E-state index in [1.54, 1.807) is 0 Å². The zero-order valence-corrected chi connectivity index (χ0v) is 7.77. The molecular formula is C11H11N3. The van der Waals surface area contributed by atoms with Crippen molar-refractivity contribution >= 4 is 5.69 Å². The molecule has 1 aromatic carbocycles. The van der Waals surface area contributed by atoms with Gasteiger partial charge in [0.15, 0.2) is 0 Å². The van der Waals surface area contributed by atoms with Crippen LogP contribution in [0, 0.1) is 0 Å². The van der Waals surface area contributed by atoms with Crippen LogP contribution in [0.5, 0.6) is 0 Å². The summed E-state index contributed by atoms with van der Waals surface area (Å²) in [5.74, 6) is 0. The lowest BCUT2D eigenvalue weighted by molar-refractivity contribution is 0.867. The lowest BCUT2D eigenvalue weighted by Crippen LogP contribution is -1.98. The first-order valence-corrected chi connectivity index (χ1v) is 4.81. The van der Waals surface area contributed by atoms with Crippen LogP contribution in [0.2, 0.25) is 0 Å². The van der Waals surface area contributed by atoms with E-state index < -0.39 is 0 Å². The van der Waals surface area contributed by atoms with Crippen LogP contribution in [0.25, 0.3) is 5.69 Å². The van der Waals surface area contributed by atoms with E-state index in [9.17, 15) is 0 Å². The molecule has 1 N–H and O–H groups in total. The monoisotopic (exact) mass is 185 g/mol. The van der Waals surface area contributed by atoms with E-state index in [1.165, 1.54) is 16.9 Å². The van der Waals surface area contributed by atoms with Crippen molar-refractivity contribution in [2.24, 2.45) is 0 Å². The highest BCUT2D eigenvalue weighted by Gasteiger charge is 2.14. The van der Waals surface area contributed by atoms with Gasteiger partial charge in [0, 0.05) is 30.2 Å². The van der Waals surface area contributed by atoms with Crippen LogP contribution in [-0.2, 0) is 6.42 Å². The van der Waals surface area contributed by atoms with Gasteiger partial charge >= 0.3 is 0 Å². The summed E-state index contributed by atoms with van der Waals surface area (Å²) in [5, 5.41) is 7.61. The molecule has 3 heteroatoms. The predicted molar refractivity (Wildman–Crippen MR) is 55.8 cm³/mol.